The average Bonchev–Trinajstić information content (AvgIpc) is 3.71. The molecule has 0 unspecified atom stereocenters. The van der Waals surface area contributed by atoms with Crippen LogP contribution in [0.15, 0.2) is 91.1 Å². The SMILES string of the molecule is CCc1nn(-c2ccccc2)c2c1CN(C(=O)Nc1ccc3c(c1)OCO3)[C@H](c1ccc(F)cc1)c1cccn1-2. The predicted octanol–water partition coefficient (Wildman–Crippen LogP) is 6.23. The second kappa shape index (κ2) is 9.60. The van der Waals surface area contributed by atoms with Crippen LogP contribution in [0.2, 0.25) is 0 Å². The van der Waals surface area contributed by atoms with Crippen LogP contribution >= 0.6 is 0 Å². The second-order valence-corrected chi connectivity index (χ2v) is 9.73. The summed E-state index contributed by atoms with van der Waals surface area (Å²) < 4.78 is 29.0. The number of fused-ring (bicyclic) bond motifs is 4. The summed E-state index contributed by atoms with van der Waals surface area (Å²) in [5, 5.41) is 8.04. The van der Waals surface area contributed by atoms with Crippen molar-refractivity contribution in [1.29, 1.82) is 0 Å². The molecular weight excluding hydrogens is 509 g/mol. The number of benzene rings is 3. The molecule has 1 N–H and O–H groups in total. The second-order valence-electron chi connectivity index (χ2n) is 9.73. The fourth-order valence-corrected chi connectivity index (χ4v) is 5.51. The van der Waals surface area contributed by atoms with E-state index in [9.17, 15) is 9.18 Å². The van der Waals surface area contributed by atoms with E-state index < -0.39 is 6.04 Å². The van der Waals surface area contributed by atoms with Gasteiger partial charge in [-0.3, -0.25) is 0 Å². The molecule has 8 nitrogen and oxygen atoms in total. The van der Waals surface area contributed by atoms with Gasteiger partial charge in [0.15, 0.2) is 11.5 Å². The number of aromatic nitrogens is 3. The van der Waals surface area contributed by atoms with Gasteiger partial charge in [0.05, 0.1) is 29.7 Å². The highest BCUT2D eigenvalue weighted by Crippen LogP contribution is 2.40. The van der Waals surface area contributed by atoms with Crippen molar-refractivity contribution in [3.05, 3.63) is 119 Å². The molecule has 2 aliphatic rings. The van der Waals surface area contributed by atoms with Crippen molar-refractivity contribution >= 4 is 11.7 Å². The zero-order valence-electron chi connectivity index (χ0n) is 21.8. The Kier molecular flexibility index (Phi) is 5.77. The quantitative estimate of drug-likeness (QED) is 0.296. The van der Waals surface area contributed by atoms with Gasteiger partial charge < -0.3 is 24.3 Å². The van der Waals surface area contributed by atoms with E-state index in [4.69, 9.17) is 14.6 Å². The Labute approximate surface area is 230 Å². The van der Waals surface area contributed by atoms with Crippen LogP contribution in [0, 0.1) is 5.82 Å². The molecule has 0 spiro atoms. The van der Waals surface area contributed by atoms with Crippen molar-refractivity contribution < 1.29 is 18.7 Å². The Balaban J connectivity index is 1.38. The minimum atomic E-state index is -0.494. The molecule has 40 heavy (non-hydrogen) atoms. The minimum Gasteiger partial charge on any atom is -0.454 e. The van der Waals surface area contributed by atoms with Gasteiger partial charge in [-0.2, -0.15) is 5.10 Å². The molecule has 0 bridgehead atoms. The molecule has 7 rings (SSSR count). The third-order valence-corrected chi connectivity index (χ3v) is 7.37. The van der Waals surface area contributed by atoms with Gasteiger partial charge in [-0.05, 0) is 60.5 Å². The molecule has 200 valence electrons. The Bertz CT molecular complexity index is 1710. The molecule has 2 aromatic heterocycles. The molecule has 2 amide bonds. The van der Waals surface area contributed by atoms with Crippen molar-refractivity contribution in [1.82, 2.24) is 19.2 Å². The maximum atomic E-state index is 14.1. The van der Waals surface area contributed by atoms with Gasteiger partial charge in [-0.1, -0.05) is 37.3 Å². The van der Waals surface area contributed by atoms with Crippen LogP contribution < -0.4 is 14.8 Å². The molecule has 0 fully saturated rings. The first-order chi connectivity index (χ1) is 19.6. The van der Waals surface area contributed by atoms with Crippen LogP contribution in [-0.4, -0.2) is 32.1 Å². The molecule has 0 aliphatic carbocycles. The Hall–Kier alpha value is -5.05. The molecule has 2 aliphatic heterocycles. The van der Waals surface area contributed by atoms with E-state index in [1.165, 1.54) is 12.1 Å². The summed E-state index contributed by atoms with van der Waals surface area (Å²) in [4.78, 5) is 15.9. The first-order valence-corrected chi connectivity index (χ1v) is 13.2. The van der Waals surface area contributed by atoms with E-state index in [0.717, 1.165) is 34.0 Å². The van der Waals surface area contributed by atoms with Gasteiger partial charge >= 0.3 is 6.03 Å². The van der Waals surface area contributed by atoms with E-state index >= 15 is 0 Å². The molecule has 9 heteroatoms. The van der Waals surface area contributed by atoms with E-state index in [1.54, 1.807) is 35.2 Å². The van der Waals surface area contributed by atoms with Crippen LogP contribution in [0.5, 0.6) is 11.5 Å². The summed E-state index contributed by atoms with van der Waals surface area (Å²) in [5.41, 5.74) is 5.03. The number of hydrogen-bond acceptors (Lipinski definition) is 4. The first-order valence-electron chi connectivity index (χ1n) is 13.2. The summed E-state index contributed by atoms with van der Waals surface area (Å²) in [5.74, 6) is 1.77. The molecule has 3 aromatic carbocycles. The Morgan fingerprint density at radius 1 is 1.00 bits per heavy atom. The third kappa shape index (κ3) is 3.98. The van der Waals surface area contributed by atoms with E-state index in [0.29, 0.717) is 30.2 Å². The highest BCUT2D eigenvalue weighted by molar-refractivity contribution is 5.90. The van der Waals surface area contributed by atoms with E-state index in [-0.39, 0.29) is 18.6 Å². The minimum absolute atomic E-state index is 0.149. The fraction of sp³-hybridized carbons (Fsp3) is 0.161. The van der Waals surface area contributed by atoms with Gasteiger partial charge in [0.2, 0.25) is 6.79 Å². The van der Waals surface area contributed by atoms with Crippen molar-refractivity contribution in [2.75, 3.05) is 12.1 Å². The maximum absolute atomic E-state index is 14.1. The number of amides is 2. The molecule has 5 aromatic rings. The number of anilines is 1. The average molecular weight is 536 g/mol. The zero-order chi connectivity index (χ0) is 27.2. The number of hydrogen-bond donors (Lipinski definition) is 1. The number of ether oxygens (including phenoxy) is 2. The number of aryl methyl sites for hydroxylation is 1. The van der Waals surface area contributed by atoms with Gasteiger partial charge in [0.1, 0.15) is 11.6 Å². The van der Waals surface area contributed by atoms with E-state index in [1.807, 2.05) is 53.3 Å². The van der Waals surface area contributed by atoms with Crippen LogP contribution in [-0.2, 0) is 13.0 Å². The van der Waals surface area contributed by atoms with Crippen LogP contribution in [0.3, 0.4) is 0 Å². The standard InChI is InChI=1S/C31H26FN5O3/c1-2-25-24-18-36(31(38)33-22-14-15-27-28(17-22)40-19-39-27)29(20-10-12-21(32)13-11-20)26-9-6-16-35(26)30(24)37(34-25)23-7-4-3-5-8-23/h3-17,29H,2,18-19H2,1H3,(H,33,38)/t29-/m1/s1. The predicted molar refractivity (Wildman–Crippen MR) is 148 cm³/mol. The molecule has 0 saturated carbocycles. The molecule has 0 saturated heterocycles. The summed E-state index contributed by atoms with van der Waals surface area (Å²) in [7, 11) is 0. The summed E-state index contributed by atoms with van der Waals surface area (Å²) in [6.07, 6.45) is 2.68. The van der Waals surface area contributed by atoms with Crippen molar-refractivity contribution in [2.24, 2.45) is 0 Å². The first kappa shape index (κ1) is 24.0. The number of nitrogens with zero attached hydrogens (tertiary/aromatic N) is 4. The van der Waals surface area contributed by atoms with Crippen LogP contribution in [0.4, 0.5) is 14.9 Å². The smallest absolute Gasteiger partial charge is 0.322 e. The number of rotatable bonds is 4. The number of carbonyl (C=O) groups excluding carboxylic acids is 1. The molecule has 4 heterocycles. The molecule has 1 atom stereocenters. The largest absolute Gasteiger partial charge is 0.454 e. The maximum Gasteiger partial charge on any atom is 0.322 e. The Morgan fingerprint density at radius 2 is 1.80 bits per heavy atom. The van der Waals surface area contributed by atoms with Crippen molar-refractivity contribution in [2.45, 2.75) is 25.9 Å². The monoisotopic (exact) mass is 535 g/mol. The van der Waals surface area contributed by atoms with Gasteiger partial charge in [-0.25, -0.2) is 13.9 Å². The topological polar surface area (TPSA) is 73.6 Å². The number of carbonyl (C=O) groups is 1. The van der Waals surface area contributed by atoms with Crippen LogP contribution in [0.25, 0.3) is 11.5 Å². The lowest BCUT2D eigenvalue weighted by Gasteiger charge is -2.31. The summed E-state index contributed by atoms with van der Waals surface area (Å²) >= 11 is 0. The Morgan fingerprint density at radius 3 is 2.60 bits per heavy atom. The number of para-hydroxylation sites is 1. The molecular formula is C31H26FN5O3. The number of halogens is 1. The molecule has 0 radical (unpaired) electrons. The van der Waals surface area contributed by atoms with Crippen molar-refractivity contribution in [3.8, 4) is 23.0 Å². The number of nitrogens with one attached hydrogen (secondary N) is 1. The lowest BCUT2D eigenvalue weighted by atomic mass is 10.0. The summed E-state index contributed by atoms with van der Waals surface area (Å²) in [6, 6.07) is 24.8. The van der Waals surface area contributed by atoms with Gasteiger partial charge in [0, 0.05) is 23.5 Å². The lowest BCUT2D eigenvalue weighted by Crippen LogP contribution is -2.38. The van der Waals surface area contributed by atoms with E-state index in [2.05, 4.69) is 16.8 Å². The van der Waals surface area contributed by atoms with Crippen molar-refractivity contribution in [3.63, 3.8) is 0 Å². The van der Waals surface area contributed by atoms with Crippen LogP contribution in [0.1, 0.15) is 35.5 Å². The fourth-order valence-electron chi connectivity index (χ4n) is 5.51. The summed E-state index contributed by atoms with van der Waals surface area (Å²) in [6.45, 7) is 2.51. The highest BCUT2D eigenvalue weighted by Gasteiger charge is 2.36. The van der Waals surface area contributed by atoms with Gasteiger partial charge in [-0.15, -0.1) is 0 Å². The lowest BCUT2D eigenvalue weighted by molar-refractivity contribution is 0.174. The zero-order valence-corrected chi connectivity index (χ0v) is 21.8. The van der Waals surface area contributed by atoms with Gasteiger partial charge in [0.25, 0.3) is 0 Å². The highest BCUT2D eigenvalue weighted by atomic mass is 19.1. The normalized spacial score (nSPS) is 15.3. The number of urea groups is 1. The third-order valence-electron chi connectivity index (χ3n) is 7.37.